The fourth-order valence-corrected chi connectivity index (χ4v) is 6.83. The second-order valence-corrected chi connectivity index (χ2v) is 13.4. The molecule has 0 aliphatic carbocycles. The van der Waals surface area contributed by atoms with Gasteiger partial charge >= 0.3 is 30.9 Å². The van der Waals surface area contributed by atoms with E-state index in [1.165, 1.54) is 43.5 Å². The van der Waals surface area contributed by atoms with Gasteiger partial charge in [-0.2, -0.15) is 0 Å². The average Bonchev–Trinajstić information content (AvgIpc) is 3.08. The van der Waals surface area contributed by atoms with Gasteiger partial charge in [-0.05, 0) is 59.8 Å². The number of benzene rings is 3. The first-order valence-electron chi connectivity index (χ1n) is 14.5. The van der Waals surface area contributed by atoms with Crippen LogP contribution in [0.1, 0.15) is 27.5 Å². The molecule has 0 bridgehead atoms. The lowest BCUT2D eigenvalue weighted by Crippen LogP contribution is -2.57. The first-order chi connectivity index (χ1) is 23.7. The number of amides is 4. The number of carbonyl (C=O) groups is 4. The van der Waals surface area contributed by atoms with Crippen molar-refractivity contribution < 1.29 is 58.0 Å². The van der Waals surface area contributed by atoms with E-state index in [-0.39, 0.29) is 46.2 Å². The molecule has 2 heterocycles. The number of halogens is 2. The largest absolute Gasteiger partial charge is 0.549 e. The molecule has 1 saturated heterocycles. The number of nitrogens with zero attached hydrogens (tertiary/aromatic N) is 2. The lowest BCUT2D eigenvalue weighted by Gasteiger charge is -2.35. The summed E-state index contributed by atoms with van der Waals surface area (Å²) in [6, 6.07) is 8.65. The van der Waals surface area contributed by atoms with Crippen LogP contribution in [0, 0.1) is 5.82 Å². The van der Waals surface area contributed by atoms with Crippen molar-refractivity contribution in [2.75, 3.05) is 20.2 Å². The Morgan fingerprint density at radius 2 is 1.82 bits per heavy atom. The van der Waals surface area contributed by atoms with Crippen LogP contribution in [0.5, 0.6) is 17.2 Å². The highest BCUT2D eigenvalue weighted by atomic mass is 35.5. The Bertz CT molecular complexity index is 1880. The van der Waals surface area contributed by atoms with Crippen molar-refractivity contribution in [3.05, 3.63) is 88.3 Å². The molecule has 0 radical (unpaired) electrons. The van der Waals surface area contributed by atoms with Crippen molar-refractivity contribution in [2.45, 2.75) is 23.3 Å². The number of carboxylic acids is 1. The van der Waals surface area contributed by atoms with Crippen LogP contribution in [-0.2, 0) is 20.7 Å². The third kappa shape index (κ3) is 7.45. The molecule has 2 atom stereocenters. The Kier molecular flexibility index (Phi) is 11.1. The van der Waals surface area contributed by atoms with Crippen LogP contribution in [0.25, 0.3) is 0 Å². The molecule has 7 N–H and O–H groups in total. The van der Waals surface area contributed by atoms with Gasteiger partial charge in [0.1, 0.15) is 22.2 Å². The van der Waals surface area contributed by atoms with Gasteiger partial charge < -0.3 is 45.0 Å². The van der Waals surface area contributed by atoms with Crippen LogP contribution in [0.3, 0.4) is 0 Å². The Morgan fingerprint density at radius 1 is 1.12 bits per heavy atom. The molecule has 1 fully saturated rings. The Labute approximate surface area is 294 Å². The molecular weight excluding hydrogens is 721 g/mol. The van der Waals surface area contributed by atoms with E-state index >= 15 is 0 Å². The molecule has 15 nitrogen and oxygen atoms in total. The minimum absolute atomic E-state index is 0.0851. The Morgan fingerprint density at radius 3 is 2.46 bits per heavy atom. The van der Waals surface area contributed by atoms with Gasteiger partial charge in [-0.25, -0.2) is 14.0 Å². The molecule has 50 heavy (non-hydrogen) atoms. The minimum atomic E-state index is -2.42. The van der Waals surface area contributed by atoms with E-state index in [1.54, 1.807) is 0 Å². The van der Waals surface area contributed by atoms with E-state index < -0.39 is 74.2 Å². The molecule has 3 aromatic carbocycles. The SMILES string of the molecule is C=C(NC1Cc2ccc(F)c(C(=O)O)c2OB1OC)C(NC(=O)N1CCN(Sc2ccc(O)c(O)c2Cl)C(=O)C1=O)c1ccc(P(O)O)cc1. The maximum absolute atomic E-state index is 14.4. The first kappa shape index (κ1) is 36.7. The van der Waals surface area contributed by atoms with E-state index in [0.717, 1.165) is 28.4 Å². The molecule has 262 valence electrons. The molecule has 0 aromatic heterocycles. The lowest BCUT2D eigenvalue weighted by molar-refractivity contribution is -0.149. The standard InChI is InChI=1S/C30H28BClFN4O11PS/c1-14(34-21-13-16-5-8-18(33)22(29(42)43)26(16)48-31(21)47-2)24(15-3-6-17(7-4-15)49(45)46)35-30(44)36-11-12-37(28(41)27(36)40)50-20-10-9-19(38)25(39)23(20)32/h3-10,21,24,34,38-39,45-46H,1,11-13H2,2H3,(H,35,44)(H,42,43). The molecule has 4 amide bonds. The highest BCUT2D eigenvalue weighted by Gasteiger charge is 2.42. The van der Waals surface area contributed by atoms with Gasteiger partial charge in [-0.3, -0.25) is 18.8 Å². The zero-order valence-electron chi connectivity index (χ0n) is 25.9. The van der Waals surface area contributed by atoms with Gasteiger partial charge in [0.2, 0.25) is 0 Å². The van der Waals surface area contributed by atoms with Crippen LogP contribution < -0.4 is 20.6 Å². The predicted molar refractivity (Wildman–Crippen MR) is 179 cm³/mol. The summed E-state index contributed by atoms with van der Waals surface area (Å²) in [6.45, 7) is 3.70. The van der Waals surface area contributed by atoms with Crippen molar-refractivity contribution in [1.29, 1.82) is 0 Å². The molecule has 2 aliphatic heterocycles. The number of nitrogens with one attached hydrogen (secondary N) is 2. The smallest absolute Gasteiger partial charge is 0.534 e. The summed E-state index contributed by atoms with van der Waals surface area (Å²) in [7, 11) is -2.27. The number of hydrogen-bond donors (Lipinski definition) is 7. The zero-order valence-corrected chi connectivity index (χ0v) is 28.3. The molecular formula is C30H28BClFN4O11PS. The number of carbonyl (C=O) groups excluding carboxylic acids is 3. The van der Waals surface area contributed by atoms with Crippen molar-refractivity contribution in [3.63, 3.8) is 0 Å². The van der Waals surface area contributed by atoms with Crippen molar-refractivity contribution in [2.24, 2.45) is 0 Å². The predicted octanol–water partition coefficient (Wildman–Crippen LogP) is 2.42. The maximum atomic E-state index is 14.4. The molecule has 5 rings (SSSR count). The highest BCUT2D eigenvalue weighted by Crippen LogP contribution is 2.41. The number of imide groups is 1. The fourth-order valence-electron chi connectivity index (χ4n) is 5.28. The van der Waals surface area contributed by atoms with Crippen LogP contribution in [0.15, 0.2) is 65.7 Å². The van der Waals surface area contributed by atoms with Gasteiger partial charge in [-0.15, -0.1) is 0 Å². The van der Waals surface area contributed by atoms with E-state index in [1.807, 2.05) is 0 Å². The second-order valence-electron chi connectivity index (χ2n) is 10.9. The minimum Gasteiger partial charge on any atom is -0.534 e. The average molecular weight is 749 g/mol. The number of carboxylic acid groups (broad SMARTS) is 1. The number of hydrogen-bond acceptors (Lipinski definition) is 12. The summed E-state index contributed by atoms with van der Waals surface area (Å²) in [5.41, 5.74) is 0.223. The Hall–Kier alpha value is -4.58. The van der Waals surface area contributed by atoms with E-state index in [4.69, 9.17) is 20.9 Å². The topological polar surface area (TPSA) is 218 Å². The summed E-state index contributed by atoms with van der Waals surface area (Å²) in [6.07, 6.45) is 0.0851. The van der Waals surface area contributed by atoms with Crippen LogP contribution in [0.4, 0.5) is 9.18 Å². The molecule has 20 heteroatoms. The monoisotopic (exact) mass is 748 g/mol. The first-order valence-corrected chi connectivity index (χ1v) is 16.9. The lowest BCUT2D eigenvalue weighted by atomic mass is 9.71. The van der Waals surface area contributed by atoms with Crippen LogP contribution in [0.2, 0.25) is 5.02 Å². The van der Waals surface area contributed by atoms with Crippen LogP contribution in [-0.4, -0.2) is 91.4 Å². The van der Waals surface area contributed by atoms with E-state index in [9.17, 15) is 48.7 Å². The maximum Gasteiger partial charge on any atom is 0.549 e. The fraction of sp³-hybridized carbons (Fsp3) is 0.200. The number of phenols is 2. The number of phenolic OH excluding ortho intramolecular Hbond substituents is 2. The van der Waals surface area contributed by atoms with E-state index in [2.05, 4.69) is 17.2 Å². The van der Waals surface area contributed by atoms with Gasteiger partial charge in [0.15, 0.2) is 19.9 Å². The second kappa shape index (κ2) is 15.1. The van der Waals surface area contributed by atoms with Crippen molar-refractivity contribution in [1.82, 2.24) is 19.8 Å². The number of rotatable bonds is 10. The van der Waals surface area contributed by atoms with Crippen molar-refractivity contribution >= 4 is 68.2 Å². The van der Waals surface area contributed by atoms with Crippen molar-refractivity contribution in [3.8, 4) is 17.2 Å². The number of aromatic hydroxyl groups is 2. The molecule has 2 aliphatic rings. The van der Waals surface area contributed by atoms with Gasteiger partial charge in [0.25, 0.3) is 0 Å². The zero-order chi connectivity index (χ0) is 36.4. The number of aromatic carboxylic acids is 1. The molecule has 0 spiro atoms. The summed E-state index contributed by atoms with van der Waals surface area (Å²) >= 11 is 6.81. The number of urea groups is 1. The number of piperazine rings is 1. The third-order valence-electron chi connectivity index (χ3n) is 7.78. The van der Waals surface area contributed by atoms with E-state index in [0.29, 0.717) is 16.0 Å². The quantitative estimate of drug-likeness (QED) is 0.0522. The molecule has 3 aromatic rings. The summed E-state index contributed by atoms with van der Waals surface area (Å²) in [5, 5.41) is 34.9. The normalized spacial score (nSPS) is 16.5. The summed E-state index contributed by atoms with van der Waals surface area (Å²) in [5.74, 6) is -6.76. The summed E-state index contributed by atoms with van der Waals surface area (Å²) in [4.78, 5) is 71.6. The number of fused-ring (bicyclic) bond motifs is 1. The Balaban J connectivity index is 1.36. The molecule has 0 saturated carbocycles. The van der Waals surface area contributed by atoms with Gasteiger partial charge in [-0.1, -0.05) is 36.4 Å². The third-order valence-corrected chi connectivity index (χ3v) is 10.1. The molecule has 2 unspecified atom stereocenters. The highest BCUT2D eigenvalue weighted by molar-refractivity contribution is 7.97. The van der Waals surface area contributed by atoms with Crippen LogP contribution >= 0.6 is 31.9 Å². The summed E-state index contributed by atoms with van der Waals surface area (Å²) < 4.78 is 26.6. The van der Waals surface area contributed by atoms with Gasteiger partial charge in [0.05, 0.1) is 23.4 Å². The van der Waals surface area contributed by atoms with Gasteiger partial charge in [0, 0.05) is 24.7 Å².